The van der Waals surface area contributed by atoms with E-state index < -0.39 is 52.8 Å². The molecule has 2 aliphatic rings. The van der Waals surface area contributed by atoms with Crippen molar-refractivity contribution in [3.63, 3.8) is 0 Å². The van der Waals surface area contributed by atoms with Crippen molar-refractivity contribution in [2.75, 3.05) is 19.6 Å². The van der Waals surface area contributed by atoms with Gasteiger partial charge in [-0.3, -0.25) is 23.4 Å². The molecule has 0 aromatic heterocycles. The van der Waals surface area contributed by atoms with E-state index in [1.54, 1.807) is 36.1 Å². The molecule has 2 fully saturated rings. The van der Waals surface area contributed by atoms with Gasteiger partial charge in [0.25, 0.3) is 5.91 Å². The standard InChI is InChI=1S/C41H64N6O7S/c1-8-10-19-31(36(48)38(50)43-9-2)44-37(49)32-23-28(22-21-27(3)4)26-47(32)39(51)35(29-16-12-11-13-17-29)46-40(52)45-34(41(5,6)7)25-42-24-30-18-14-15-20-33(30)55(53)54/h14-15,18,20-22,28-29,31-32,34-35,42H,3,8-13,16-17,19,23-26H2,1-2,4-7H3,(H,43,50)(H,44,49)(H,53,54)(H2,45,46,52). The molecule has 13 nitrogen and oxygen atoms in total. The number of amides is 5. The van der Waals surface area contributed by atoms with Crippen molar-refractivity contribution in [3.05, 3.63) is 54.1 Å². The van der Waals surface area contributed by atoms with Crippen molar-refractivity contribution >= 4 is 40.6 Å². The summed E-state index contributed by atoms with van der Waals surface area (Å²) in [6.45, 7) is 16.9. The van der Waals surface area contributed by atoms with Crippen molar-refractivity contribution < 1.29 is 38.1 Å². The van der Waals surface area contributed by atoms with Crippen LogP contribution in [0.15, 0.2) is 53.5 Å². The lowest BCUT2D eigenvalue weighted by atomic mass is 9.83. The zero-order chi connectivity index (χ0) is 40.7. The lowest BCUT2D eigenvalue weighted by molar-refractivity contribution is -0.674. The number of likely N-dealkylation sites (tertiary alicyclic amines) is 1. The summed E-state index contributed by atoms with van der Waals surface area (Å²) in [6, 6.07) is 3.12. The molecule has 6 N–H and O–H groups in total. The average Bonchev–Trinajstić information content (AvgIpc) is 3.58. The van der Waals surface area contributed by atoms with E-state index in [9.17, 15) is 32.7 Å². The minimum atomic E-state index is -2.37. The number of Topliss-reactive ketones (excluding diaryl/α,β-unsaturated/α-hetero) is 1. The summed E-state index contributed by atoms with van der Waals surface area (Å²) < 4.78 is 23.5. The summed E-state index contributed by atoms with van der Waals surface area (Å²) in [5.41, 5.74) is 1.12. The molecule has 1 heterocycles. The van der Waals surface area contributed by atoms with Crippen LogP contribution in [0.3, 0.4) is 0 Å². The molecule has 1 aromatic carbocycles. The van der Waals surface area contributed by atoms with E-state index in [1.807, 2.05) is 52.1 Å². The average molecular weight is 785 g/mol. The van der Waals surface area contributed by atoms with Crippen molar-refractivity contribution in [2.45, 2.75) is 135 Å². The minimum Gasteiger partial charge on any atom is -0.768 e. The number of nitrogens with zero attached hydrogens (tertiary/aromatic N) is 1. The number of likely N-dealkylation sites (N-methyl/N-ethyl adjacent to an activating group) is 1. The van der Waals surface area contributed by atoms with Crippen LogP contribution >= 0.6 is 0 Å². The molecule has 1 aliphatic heterocycles. The smallest absolute Gasteiger partial charge is 0.315 e. The van der Waals surface area contributed by atoms with E-state index in [0.29, 0.717) is 37.9 Å². The number of rotatable bonds is 19. The second kappa shape index (κ2) is 22.0. The van der Waals surface area contributed by atoms with Gasteiger partial charge in [0, 0.05) is 23.5 Å². The van der Waals surface area contributed by atoms with E-state index in [0.717, 1.165) is 44.1 Å². The maximum atomic E-state index is 14.7. The topological polar surface area (TPSA) is 193 Å². The van der Waals surface area contributed by atoms with E-state index in [1.165, 1.54) is 0 Å². The first-order chi connectivity index (χ1) is 26.1. The Kier molecular flexibility index (Phi) is 18.2. The lowest BCUT2D eigenvalue weighted by Crippen LogP contribution is -2.87. The Hall–Kier alpha value is -3.88. The van der Waals surface area contributed by atoms with E-state index in [4.69, 9.17) is 0 Å². The highest BCUT2D eigenvalue weighted by Crippen LogP contribution is 2.31. The first-order valence-corrected chi connectivity index (χ1v) is 21.0. The number of hydrogen-bond donors (Lipinski definition) is 5. The molecule has 3 rings (SSSR count). The predicted molar refractivity (Wildman–Crippen MR) is 212 cm³/mol. The molecule has 55 heavy (non-hydrogen) atoms. The van der Waals surface area contributed by atoms with Crippen LogP contribution in [0.4, 0.5) is 4.79 Å². The van der Waals surface area contributed by atoms with Gasteiger partial charge in [-0.05, 0) is 73.9 Å². The van der Waals surface area contributed by atoms with Gasteiger partial charge in [0.05, 0.1) is 18.6 Å². The normalized spacial score (nSPS) is 19.9. The Morgan fingerprint density at radius 3 is 2.36 bits per heavy atom. The van der Waals surface area contributed by atoms with E-state index in [2.05, 4.69) is 27.8 Å². The number of urea groups is 1. The van der Waals surface area contributed by atoms with Crippen LogP contribution in [-0.2, 0) is 36.8 Å². The third kappa shape index (κ3) is 14.0. The van der Waals surface area contributed by atoms with E-state index in [-0.39, 0.29) is 47.2 Å². The summed E-state index contributed by atoms with van der Waals surface area (Å²) >= 11 is -2.37. The number of allylic oxidation sites excluding steroid dienone is 2. The number of nitrogens with two attached hydrogens (primary N) is 1. The van der Waals surface area contributed by atoms with Gasteiger partial charge in [-0.1, -0.05) is 102 Å². The molecule has 1 aliphatic carbocycles. The molecule has 14 heteroatoms. The number of nitrogens with one attached hydrogen (secondary N) is 4. The molecular formula is C41H64N6O7S. The van der Waals surface area contributed by atoms with Crippen molar-refractivity contribution in [3.8, 4) is 0 Å². The van der Waals surface area contributed by atoms with Crippen LogP contribution in [-0.4, -0.2) is 87.0 Å². The number of carbonyl (C=O) groups is 5. The van der Waals surface area contributed by atoms with E-state index >= 15 is 0 Å². The summed E-state index contributed by atoms with van der Waals surface area (Å²) in [6.07, 6.45) is 10.2. The molecule has 5 amide bonds. The SMILES string of the molecule is C=C(C)C=CC1CC(C(=O)NC(CCCC)C(=O)C(=O)NCC)N(C(=O)C(NC(=O)NC(C[NH2+]Cc2ccccc2S(=O)[O-])C(C)(C)C)C2CCCCC2)C1. The van der Waals surface area contributed by atoms with Crippen molar-refractivity contribution in [1.82, 2.24) is 26.2 Å². The molecule has 0 bridgehead atoms. The molecule has 306 valence electrons. The number of carbonyl (C=O) groups excluding carboxylic acids is 5. The Balaban J connectivity index is 1.86. The highest BCUT2D eigenvalue weighted by atomic mass is 32.2. The van der Waals surface area contributed by atoms with Gasteiger partial charge >= 0.3 is 6.03 Å². The number of ketones is 1. The third-order valence-electron chi connectivity index (χ3n) is 10.6. The Morgan fingerprint density at radius 1 is 1.05 bits per heavy atom. The number of unbranched alkanes of at least 4 members (excludes halogenated alkanes) is 1. The Bertz CT molecular complexity index is 1550. The Labute approximate surface area is 330 Å². The van der Waals surface area contributed by atoms with Crippen molar-refractivity contribution in [2.24, 2.45) is 17.3 Å². The van der Waals surface area contributed by atoms with Crippen LogP contribution in [0.5, 0.6) is 0 Å². The van der Waals surface area contributed by atoms with Gasteiger partial charge < -0.3 is 36.0 Å². The molecular weight excluding hydrogens is 721 g/mol. The number of hydrogen-bond acceptors (Lipinski definition) is 7. The molecule has 1 saturated carbocycles. The maximum absolute atomic E-state index is 14.7. The highest BCUT2D eigenvalue weighted by Gasteiger charge is 2.44. The molecule has 6 atom stereocenters. The first-order valence-electron chi connectivity index (χ1n) is 19.9. The largest absolute Gasteiger partial charge is 0.768 e. The number of benzene rings is 1. The fourth-order valence-corrected chi connectivity index (χ4v) is 7.94. The summed E-state index contributed by atoms with van der Waals surface area (Å²) in [4.78, 5) is 70.1. The van der Waals surface area contributed by atoms with Crippen LogP contribution in [0.2, 0.25) is 0 Å². The van der Waals surface area contributed by atoms with Gasteiger partial charge in [-0.25, -0.2) is 4.79 Å². The highest BCUT2D eigenvalue weighted by molar-refractivity contribution is 7.79. The summed E-state index contributed by atoms with van der Waals surface area (Å²) in [7, 11) is 0. The second-order valence-corrected chi connectivity index (χ2v) is 17.0. The first kappa shape index (κ1) is 45.5. The zero-order valence-electron chi connectivity index (χ0n) is 33.6. The lowest BCUT2D eigenvalue weighted by Gasteiger charge is -2.36. The van der Waals surface area contributed by atoms with Crippen LogP contribution in [0.1, 0.15) is 105 Å². The van der Waals surface area contributed by atoms with Crippen LogP contribution in [0, 0.1) is 17.3 Å². The fourth-order valence-electron chi connectivity index (χ4n) is 7.39. The minimum absolute atomic E-state index is 0.138. The summed E-state index contributed by atoms with van der Waals surface area (Å²) in [5.74, 6) is -2.64. The summed E-state index contributed by atoms with van der Waals surface area (Å²) in [5, 5.41) is 13.4. The molecule has 0 radical (unpaired) electrons. The van der Waals surface area contributed by atoms with Crippen LogP contribution < -0.4 is 26.6 Å². The van der Waals surface area contributed by atoms with Gasteiger partial charge in [-0.2, -0.15) is 0 Å². The molecule has 0 spiro atoms. The zero-order valence-corrected chi connectivity index (χ0v) is 34.4. The van der Waals surface area contributed by atoms with Gasteiger partial charge in [0.15, 0.2) is 0 Å². The number of quaternary nitrogens is 1. The van der Waals surface area contributed by atoms with Gasteiger partial charge in [0.1, 0.15) is 18.6 Å². The van der Waals surface area contributed by atoms with Crippen molar-refractivity contribution in [1.29, 1.82) is 0 Å². The quantitative estimate of drug-likeness (QED) is 0.0807. The monoisotopic (exact) mass is 784 g/mol. The Morgan fingerprint density at radius 2 is 1.75 bits per heavy atom. The molecule has 6 unspecified atom stereocenters. The third-order valence-corrected chi connectivity index (χ3v) is 11.3. The molecule has 1 saturated heterocycles. The maximum Gasteiger partial charge on any atom is 0.315 e. The van der Waals surface area contributed by atoms with Crippen LogP contribution in [0.25, 0.3) is 0 Å². The second-order valence-electron chi connectivity index (χ2n) is 16.1. The van der Waals surface area contributed by atoms with Gasteiger partial charge in [-0.15, -0.1) is 0 Å². The van der Waals surface area contributed by atoms with Gasteiger partial charge in [0.2, 0.25) is 17.6 Å². The fraction of sp³-hybridized carbons (Fsp3) is 0.634. The molecule has 1 aromatic rings. The predicted octanol–water partition coefficient (Wildman–Crippen LogP) is 3.38.